The summed E-state index contributed by atoms with van der Waals surface area (Å²) in [5, 5.41) is 4.15. The highest BCUT2D eigenvalue weighted by molar-refractivity contribution is 9.10. The molecule has 0 saturated carbocycles. The fourth-order valence-corrected chi connectivity index (χ4v) is 1.53. The summed E-state index contributed by atoms with van der Waals surface area (Å²) in [5.41, 5.74) is 6.73. The fraction of sp³-hybridized carbons (Fsp3) is 0.100. The van der Waals surface area contributed by atoms with Crippen molar-refractivity contribution in [2.24, 2.45) is 0 Å². The van der Waals surface area contributed by atoms with E-state index in [9.17, 15) is 0 Å². The number of nitrogens with two attached hydrogens (primary N) is 1. The van der Waals surface area contributed by atoms with E-state index in [0.29, 0.717) is 5.82 Å². The highest BCUT2D eigenvalue weighted by Gasteiger charge is 2.06. The number of methoxy groups -OCH3 is 1. The van der Waals surface area contributed by atoms with Crippen LogP contribution in [0.2, 0.25) is 0 Å². The number of rotatable bonds is 2. The van der Waals surface area contributed by atoms with Crippen LogP contribution in [0.5, 0.6) is 5.75 Å². The third kappa shape index (κ3) is 1.83. The van der Waals surface area contributed by atoms with Gasteiger partial charge in [-0.3, -0.25) is 0 Å². The summed E-state index contributed by atoms with van der Waals surface area (Å²) in [6.45, 7) is 0. The lowest BCUT2D eigenvalue weighted by Gasteiger charge is -2.05. The number of hydrogen-bond donors (Lipinski definition) is 1. The Hall–Kier alpha value is -1.49. The number of halogens is 1. The zero-order valence-corrected chi connectivity index (χ0v) is 9.73. The van der Waals surface area contributed by atoms with Crippen molar-refractivity contribution >= 4 is 21.7 Å². The molecule has 2 N–H and O–H groups in total. The van der Waals surface area contributed by atoms with Gasteiger partial charge in [0.15, 0.2) is 0 Å². The van der Waals surface area contributed by atoms with Gasteiger partial charge in [0, 0.05) is 0 Å². The summed E-state index contributed by atoms with van der Waals surface area (Å²) < 4.78 is 7.52. The summed E-state index contributed by atoms with van der Waals surface area (Å²) >= 11 is 3.31. The topological polar surface area (TPSA) is 53.1 Å². The van der Waals surface area contributed by atoms with E-state index >= 15 is 0 Å². The van der Waals surface area contributed by atoms with Crippen LogP contribution >= 0.6 is 15.9 Å². The summed E-state index contributed by atoms with van der Waals surface area (Å²) in [7, 11) is 1.63. The first-order chi connectivity index (χ1) is 7.22. The van der Waals surface area contributed by atoms with Gasteiger partial charge in [-0.1, -0.05) is 0 Å². The van der Waals surface area contributed by atoms with Gasteiger partial charge in [0.2, 0.25) is 0 Å². The van der Waals surface area contributed by atoms with Crippen molar-refractivity contribution in [2.75, 3.05) is 12.8 Å². The highest BCUT2D eigenvalue weighted by atomic mass is 79.9. The van der Waals surface area contributed by atoms with E-state index in [-0.39, 0.29) is 0 Å². The standard InChI is InChI=1S/C10H10BrN3O/c1-15-8-4-2-7(3-5-8)14-10(12)9(11)6-13-14/h2-6H,12H2,1H3. The molecule has 1 aromatic heterocycles. The number of anilines is 1. The number of ether oxygens (including phenoxy) is 1. The zero-order valence-electron chi connectivity index (χ0n) is 8.14. The van der Waals surface area contributed by atoms with Crippen LogP contribution in [0.4, 0.5) is 5.82 Å². The molecule has 0 fully saturated rings. The number of nitrogen functional groups attached to an aromatic ring is 1. The highest BCUT2D eigenvalue weighted by Crippen LogP contribution is 2.22. The monoisotopic (exact) mass is 267 g/mol. The van der Waals surface area contributed by atoms with Gasteiger partial charge >= 0.3 is 0 Å². The molecule has 1 heterocycles. The van der Waals surface area contributed by atoms with Crippen molar-refractivity contribution in [3.05, 3.63) is 34.9 Å². The first-order valence-electron chi connectivity index (χ1n) is 4.36. The van der Waals surface area contributed by atoms with Gasteiger partial charge in [0.05, 0.1) is 23.5 Å². The predicted octanol–water partition coefficient (Wildman–Crippen LogP) is 2.23. The molecule has 0 spiro atoms. The van der Waals surface area contributed by atoms with Gasteiger partial charge in [-0.15, -0.1) is 0 Å². The molecular formula is C10H10BrN3O. The molecular weight excluding hydrogens is 258 g/mol. The van der Waals surface area contributed by atoms with E-state index in [4.69, 9.17) is 10.5 Å². The molecule has 0 saturated heterocycles. The number of benzene rings is 1. The van der Waals surface area contributed by atoms with Crippen LogP contribution in [0.15, 0.2) is 34.9 Å². The Morgan fingerprint density at radius 2 is 2.00 bits per heavy atom. The molecule has 0 aliphatic rings. The van der Waals surface area contributed by atoms with Crippen molar-refractivity contribution in [1.29, 1.82) is 0 Å². The normalized spacial score (nSPS) is 10.3. The first-order valence-corrected chi connectivity index (χ1v) is 5.15. The van der Waals surface area contributed by atoms with Crippen LogP contribution in [-0.2, 0) is 0 Å². The van der Waals surface area contributed by atoms with Crippen molar-refractivity contribution in [2.45, 2.75) is 0 Å². The van der Waals surface area contributed by atoms with Crippen molar-refractivity contribution < 1.29 is 4.74 Å². The molecule has 0 unspecified atom stereocenters. The molecule has 0 aliphatic heterocycles. The molecule has 2 rings (SSSR count). The van der Waals surface area contributed by atoms with Gasteiger partial charge in [-0.05, 0) is 40.2 Å². The Morgan fingerprint density at radius 3 is 2.47 bits per heavy atom. The van der Waals surface area contributed by atoms with Crippen LogP contribution in [0.1, 0.15) is 0 Å². The van der Waals surface area contributed by atoms with E-state index in [1.807, 2.05) is 24.3 Å². The third-order valence-corrected chi connectivity index (χ3v) is 2.69. The second-order valence-corrected chi connectivity index (χ2v) is 3.84. The number of hydrogen-bond acceptors (Lipinski definition) is 3. The second-order valence-electron chi connectivity index (χ2n) is 2.99. The maximum Gasteiger partial charge on any atom is 0.141 e. The van der Waals surface area contributed by atoms with Crippen LogP contribution < -0.4 is 10.5 Å². The van der Waals surface area contributed by atoms with E-state index in [1.54, 1.807) is 18.0 Å². The lowest BCUT2D eigenvalue weighted by Crippen LogP contribution is -2.01. The molecule has 0 radical (unpaired) electrons. The Balaban J connectivity index is 2.41. The van der Waals surface area contributed by atoms with Gasteiger partial charge in [-0.2, -0.15) is 5.10 Å². The molecule has 78 valence electrons. The number of aromatic nitrogens is 2. The maximum absolute atomic E-state index is 5.83. The minimum absolute atomic E-state index is 0.583. The molecule has 15 heavy (non-hydrogen) atoms. The largest absolute Gasteiger partial charge is 0.497 e. The third-order valence-electron chi connectivity index (χ3n) is 2.08. The summed E-state index contributed by atoms with van der Waals surface area (Å²) in [6.07, 6.45) is 1.67. The van der Waals surface area contributed by atoms with Crippen molar-refractivity contribution in [3.63, 3.8) is 0 Å². The zero-order chi connectivity index (χ0) is 10.8. The molecule has 0 atom stereocenters. The Labute approximate surface area is 95.8 Å². The van der Waals surface area contributed by atoms with Crippen molar-refractivity contribution in [1.82, 2.24) is 9.78 Å². The molecule has 2 aromatic rings. The number of nitrogens with zero attached hydrogens (tertiary/aromatic N) is 2. The fourth-order valence-electron chi connectivity index (χ4n) is 1.27. The van der Waals surface area contributed by atoms with E-state index in [0.717, 1.165) is 15.9 Å². The first kappa shape index (κ1) is 10.0. The minimum Gasteiger partial charge on any atom is -0.497 e. The van der Waals surface area contributed by atoms with Crippen molar-refractivity contribution in [3.8, 4) is 11.4 Å². The molecule has 1 aromatic carbocycles. The predicted molar refractivity (Wildman–Crippen MR) is 62.2 cm³/mol. The summed E-state index contributed by atoms with van der Waals surface area (Å²) in [6, 6.07) is 7.53. The van der Waals surface area contributed by atoms with Gasteiger partial charge < -0.3 is 10.5 Å². The van der Waals surface area contributed by atoms with Crippen LogP contribution in [0, 0.1) is 0 Å². The SMILES string of the molecule is COc1ccc(-n2ncc(Br)c2N)cc1. The molecule has 5 heteroatoms. The molecule has 0 amide bonds. The van der Waals surface area contributed by atoms with E-state index in [2.05, 4.69) is 21.0 Å². The quantitative estimate of drug-likeness (QED) is 0.908. The van der Waals surface area contributed by atoms with Gasteiger partial charge in [-0.25, -0.2) is 4.68 Å². The molecule has 4 nitrogen and oxygen atoms in total. The van der Waals surface area contributed by atoms with Crippen LogP contribution in [-0.4, -0.2) is 16.9 Å². The van der Waals surface area contributed by atoms with E-state index < -0.39 is 0 Å². The average molecular weight is 268 g/mol. The average Bonchev–Trinajstić information content (AvgIpc) is 2.60. The summed E-state index contributed by atoms with van der Waals surface area (Å²) in [4.78, 5) is 0. The maximum atomic E-state index is 5.83. The second kappa shape index (κ2) is 3.94. The smallest absolute Gasteiger partial charge is 0.141 e. The minimum atomic E-state index is 0.583. The van der Waals surface area contributed by atoms with Crippen LogP contribution in [0.3, 0.4) is 0 Å². The van der Waals surface area contributed by atoms with Crippen LogP contribution in [0.25, 0.3) is 5.69 Å². The lowest BCUT2D eigenvalue weighted by atomic mass is 10.3. The van der Waals surface area contributed by atoms with Gasteiger partial charge in [0.1, 0.15) is 11.6 Å². The molecule has 0 bridgehead atoms. The summed E-state index contributed by atoms with van der Waals surface area (Å²) in [5.74, 6) is 1.39. The van der Waals surface area contributed by atoms with Gasteiger partial charge in [0.25, 0.3) is 0 Å². The Morgan fingerprint density at radius 1 is 1.33 bits per heavy atom. The Bertz CT molecular complexity index is 464. The molecule has 0 aliphatic carbocycles. The lowest BCUT2D eigenvalue weighted by molar-refractivity contribution is 0.414. The van der Waals surface area contributed by atoms with E-state index in [1.165, 1.54) is 0 Å². The Kier molecular flexibility index (Phi) is 2.64.